The van der Waals surface area contributed by atoms with Crippen LogP contribution in [0.3, 0.4) is 0 Å². The molecule has 0 heterocycles. The molecule has 20 heavy (non-hydrogen) atoms. The minimum atomic E-state index is -0.245. The summed E-state index contributed by atoms with van der Waals surface area (Å²) >= 11 is 0. The van der Waals surface area contributed by atoms with Gasteiger partial charge in [-0.3, -0.25) is 0 Å². The first kappa shape index (κ1) is 16.7. The lowest BCUT2D eigenvalue weighted by atomic mass is 10.0. The molecule has 3 nitrogen and oxygen atoms in total. The fourth-order valence-corrected chi connectivity index (χ4v) is 2.19. The van der Waals surface area contributed by atoms with Crippen molar-refractivity contribution < 1.29 is 14.3 Å². The summed E-state index contributed by atoms with van der Waals surface area (Å²) < 4.78 is 10.7. The Balaban J connectivity index is 2.84. The third-order valence-corrected chi connectivity index (χ3v) is 3.34. The van der Waals surface area contributed by atoms with E-state index in [1.54, 1.807) is 7.11 Å². The molecule has 3 heteroatoms. The highest BCUT2D eigenvalue weighted by Crippen LogP contribution is 2.15. The average Bonchev–Trinajstić information content (AvgIpc) is 2.47. The molecule has 1 atom stereocenters. The molecule has 112 valence electrons. The monoisotopic (exact) mass is 278 g/mol. The summed E-state index contributed by atoms with van der Waals surface area (Å²) in [6.07, 6.45) is 3.48. The van der Waals surface area contributed by atoms with Gasteiger partial charge in [0.05, 0.1) is 12.2 Å². The lowest BCUT2D eigenvalue weighted by molar-refractivity contribution is 0.00296. The number of rotatable bonds is 8. The summed E-state index contributed by atoms with van der Waals surface area (Å²) in [7, 11) is 1.63. The van der Waals surface area contributed by atoms with Gasteiger partial charge in [0.2, 0.25) is 0 Å². The average molecular weight is 278 g/mol. The van der Waals surface area contributed by atoms with Crippen molar-refractivity contribution >= 4 is 5.97 Å². The zero-order chi connectivity index (χ0) is 15.0. The lowest BCUT2D eigenvalue weighted by Crippen LogP contribution is -2.23. The highest BCUT2D eigenvalue weighted by Gasteiger charge is 2.16. The predicted octanol–water partition coefficient (Wildman–Crippen LogP) is 3.78. The van der Waals surface area contributed by atoms with Crippen LogP contribution in [-0.2, 0) is 22.3 Å². The molecule has 1 rings (SSSR count). The Morgan fingerprint density at radius 1 is 1.10 bits per heavy atom. The van der Waals surface area contributed by atoms with Gasteiger partial charge in [-0.05, 0) is 42.5 Å². The summed E-state index contributed by atoms with van der Waals surface area (Å²) in [5, 5.41) is 0. The third-order valence-electron chi connectivity index (χ3n) is 3.34. The van der Waals surface area contributed by atoms with Crippen molar-refractivity contribution in [2.24, 2.45) is 0 Å². The van der Waals surface area contributed by atoms with Crippen molar-refractivity contribution in [3.05, 3.63) is 34.9 Å². The maximum atomic E-state index is 12.3. The standard InChI is InChI=1S/C17H26O3/c1-5-8-16(12-19-4)20-17(18)15-10-13(6-2)9-14(7-3)11-15/h9-11,16H,5-8,12H2,1-4H3. The van der Waals surface area contributed by atoms with Crippen LogP contribution in [0.5, 0.6) is 0 Å². The number of carbonyl (C=O) groups excluding carboxylic acids is 1. The molecule has 0 radical (unpaired) electrons. The molecule has 0 saturated heterocycles. The van der Waals surface area contributed by atoms with Gasteiger partial charge in [-0.15, -0.1) is 0 Å². The number of benzene rings is 1. The molecular formula is C17H26O3. The molecular weight excluding hydrogens is 252 g/mol. The third kappa shape index (κ3) is 4.97. The first-order valence-electron chi connectivity index (χ1n) is 7.47. The molecule has 1 aromatic rings. The first-order valence-corrected chi connectivity index (χ1v) is 7.47. The molecule has 0 aliphatic rings. The van der Waals surface area contributed by atoms with Crippen molar-refractivity contribution in [3.63, 3.8) is 0 Å². The van der Waals surface area contributed by atoms with E-state index in [0.717, 1.165) is 25.7 Å². The Bertz CT molecular complexity index is 398. The number of ether oxygens (including phenoxy) is 2. The van der Waals surface area contributed by atoms with E-state index in [9.17, 15) is 4.79 Å². The Kier molecular flexibility index (Phi) is 7.31. The van der Waals surface area contributed by atoms with E-state index in [2.05, 4.69) is 26.8 Å². The fourth-order valence-electron chi connectivity index (χ4n) is 2.19. The highest BCUT2D eigenvalue weighted by molar-refractivity contribution is 5.90. The molecule has 0 bridgehead atoms. The first-order chi connectivity index (χ1) is 9.64. The Morgan fingerprint density at radius 2 is 1.70 bits per heavy atom. The minimum Gasteiger partial charge on any atom is -0.456 e. The number of carbonyl (C=O) groups is 1. The molecule has 0 aliphatic heterocycles. The van der Waals surface area contributed by atoms with Gasteiger partial charge in [-0.2, -0.15) is 0 Å². The molecule has 0 aromatic heterocycles. The van der Waals surface area contributed by atoms with Gasteiger partial charge in [-0.25, -0.2) is 4.79 Å². The van der Waals surface area contributed by atoms with E-state index in [1.165, 1.54) is 11.1 Å². The summed E-state index contributed by atoms with van der Waals surface area (Å²) in [6, 6.07) is 6.00. The van der Waals surface area contributed by atoms with Crippen molar-refractivity contribution in [1.82, 2.24) is 0 Å². The van der Waals surface area contributed by atoms with E-state index in [0.29, 0.717) is 12.2 Å². The maximum absolute atomic E-state index is 12.3. The molecule has 0 amide bonds. The molecule has 0 spiro atoms. The van der Waals surface area contributed by atoms with Crippen LogP contribution in [0.2, 0.25) is 0 Å². The second-order valence-corrected chi connectivity index (χ2v) is 5.02. The topological polar surface area (TPSA) is 35.5 Å². The van der Waals surface area contributed by atoms with Crippen LogP contribution in [0.25, 0.3) is 0 Å². The van der Waals surface area contributed by atoms with E-state index in [4.69, 9.17) is 9.47 Å². The number of methoxy groups -OCH3 is 1. The van der Waals surface area contributed by atoms with Crippen molar-refractivity contribution in [3.8, 4) is 0 Å². The van der Waals surface area contributed by atoms with Gasteiger partial charge in [0.25, 0.3) is 0 Å². The van der Waals surface area contributed by atoms with Crippen molar-refractivity contribution in [2.45, 2.75) is 52.6 Å². The number of hydrogen-bond acceptors (Lipinski definition) is 3. The molecule has 0 fully saturated rings. The largest absolute Gasteiger partial charge is 0.456 e. The molecule has 1 aromatic carbocycles. The molecule has 1 unspecified atom stereocenters. The normalized spacial score (nSPS) is 12.2. The van der Waals surface area contributed by atoms with Gasteiger partial charge in [0.15, 0.2) is 0 Å². The van der Waals surface area contributed by atoms with Crippen LogP contribution in [0.15, 0.2) is 18.2 Å². The Hall–Kier alpha value is -1.35. The van der Waals surface area contributed by atoms with Gasteiger partial charge < -0.3 is 9.47 Å². The number of aryl methyl sites for hydroxylation is 2. The second kappa shape index (κ2) is 8.75. The predicted molar refractivity (Wildman–Crippen MR) is 81.2 cm³/mol. The van der Waals surface area contributed by atoms with Gasteiger partial charge in [0.1, 0.15) is 6.10 Å². The van der Waals surface area contributed by atoms with E-state index in [-0.39, 0.29) is 12.1 Å². The van der Waals surface area contributed by atoms with E-state index >= 15 is 0 Å². The Labute approximate surface area is 122 Å². The lowest BCUT2D eigenvalue weighted by Gasteiger charge is -2.17. The smallest absolute Gasteiger partial charge is 0.338 e. The van der Waals surface area contributed by atoms with Gasteiger partial charge in [0, 0.05) is 7.11 Å². The van der Waals surface area contributed by atoms with Gasteiger partial charge in [-0.1, -0.05) is 33.3 Å². The van der Waals surface area contributed by atoms with Gasteiger partial charge >= 0.3 is 5.97 Å². The number of hydrogen-bond donors (Lipinski definition) is 0. The zero-order valence-electron chi connectivity index (χ0n) is 13.1. The summed E-state index contributed by atoms with van der Waals surface area (Å²) in [6.45, 7) is 6.71. The molecule has 0 saturated carbocycles. The van der Waals surface area contributed by atoms with E-state index in [1.807, 2.05) is 12.1 Å². The van der Waals surface area contributed by atoms with Crippen LogP contribution in [0.1, 0.15) is 55.1 Å². The van der Waals surface area contributed by atoms with Crippen LogP contribution >= 0.6 is 0 Å². The van der Waals surface area contributed by atoms with Crippen LogP contribution in [0.4, 0.5) is 0 Å². The fraction of sp³-hybridized carbons (Fsp3) is 0.588. The van der Waals surface area contributed by atoms with Crippen molar-refractivity contribution in [2.75, 3.05) is 13.7 Å². The summed E-state index contributed by atoms with van der Waals surface area (Å²) in [5.41, 5.74) is 3.00. The number of esters is 1. The van der Waals surface area contributed by atoms with Crippen LogP contribution in [-0.4, -0.2) is 25.8 Å². The van der Waals surface area contributed by atoms with Crippen LogP contribution < -0.4 is 0 Å². The summed E-state index contributed by atoms with van der Waals surface area (Å²) in [4.78, 5) is 12.3. The zero-order valence-corrected chi connectivity index (χ0v) is 13.1. The van der Waals surface area contributed by atoms with Crippen LogP contribution in [0, 0.1) is 0 Å². The quantitative estimate of drug-likeness (QED) is 0.679. The van der Waals surface area contributed by atoms with Crippen molar-refractivity contribution in [1.29, 1.82) is 0 Å². The Morgan fingerprint density at radius 3 is 2.15 bits per heavy atom. The minimum absolute atomic E-state index is 0.159. The summed E-state index contributed by atoms with van der Waals surface area (Å²) in [5.74, 6) is -0.245. The highest BCUT2D eigenvalue weighted by atomic mass is 16.6. The second-order valence-electron chi connectivity index (χ2n) is 5.02. The molecule has 0 aliphatic carbocycles. The van der Waals surface area contributed by atoms with E-state index < -0.39 is 0 Å². The molecule has 0 N–H and O–H groups in total. The maximum Gasteiger partial charge on any atom is 0.338 e. The SMILES string of the molecule is CCCC(COC)OC(=O)c1cc(CC)cc(CC)c1.